The van der Waals surface area contributed by atoms with E-state index in [9.17, 15) is 4.79 Å². The second-order valence-electron chi connectivity index (χ2n) is 4.06. The van der Waals surface area contributed by atoms with Gasteiger partial charge in [0.2, 0.25) is 0 Å². The van der Waals surface area contributed by atoms with Gasteiger partial charge in [-0.15, -0.1) is 0 Å². The summed E-state index contributed by atoms with van der Waals surface area (Å²) in [5.74, 6) is 0.203. The standard InChI is InChI=1S/C10H16O4/c1-4-7-9-8(13-10(11)14-9)5(2)6(3)12-7/h5-9H,4H2,1-3H3. The van der Waals surface area contributed by atoms with Gasteiger partial charge in [-0.05, 0) is 13.3 Å². The molecule has 0 radical (unpaired) electrons. The van der Waals surface area contributed by atoms with Crippen LogP contribution in [0.15, 0.2) is 0 Å². The third kappa shape index (κ3) is 1.38. The highest BCUT2D eigenvalue weighted by molar-refractivity contribution is 5.62. The van der Waals surface area contributed by atoms with Crippen molar-refractivity contribution in [1.29, 1.82) is 0 Å². The maximum absolute atomic E-state index is 11.0. The molecule has 2 heterocycles. The van der Waals surface area contributed by atoms with E-state index in [-0.39, 0.29) is 30.3 Å². The normalized spacial score (nSPS) is 46.8. The van der Waals surface area contributed by atoms with Gasteiger partial charge < -0.3 is 14.2 Å². The smallest absolute Gasteiger partial charge is 0.427 e. The van der Waals surface area contributed by atoms with Crippen molar-refractivity contribution in [3.05, 3.63) is 0 Å². The fourth-order valence-electron chi connectivity index (χ4n) is 2.15. The molecule has 0 saturated carbocycles. The van der Waals surface area contributed by atoms with Gasteiger partial charge in [-0.25, -0.2) is 4.79 Å². The largest absolute Gasteiger partial charge is 0.509 e. The van der Waals surface area contributed by atoms with Crippen LogP contribution in [0.5, 0.6) is 0 Å². The third-order valence-electron chi connectivity index (χ3n) is 3.21. The number of rotatable bonds is 1. The zero-order chi connectivity index (χ0) is 10.3. The number of hydrogen-bond acceptors (Lipinski definition) is 4. The first-order chi connectivity index (χ1) is 6.63. The molecule has 2 aliphatic heterocycles. The summed E-state index contributed by atoms with van der Waals surface area (Å²) < 4.78 is 16.0. The number of carbonyl (C=O) groups is 1. The van der Waals surface area contributed by atoms with Gasteiger partial charge in [0.1, 0.15) is 6.10 Å². The Morgan fingerprint density at radius 1 is 1.21 bits per heavy atom. The highest BCUT2D eigenvalue weighted by atomic mass is 16.8. The Bertz CT molecular complexity index is 232. The van der Waals surface area contributed by atoms with Gasteiger partial charge in [0.05, 0.1) is 12.2 Å². The highest BCUT2D eigenvalue weighted by Crippen LogP contribution is 2.35. The summed E-state index contributed by atoms with van der Waals surface area (Å²) in [6.07, 6.45) is 0.0562. The van der Waals surface area contributed by atoms with Gasteiger partial charge in [-0.2, -0.15) is 0 Å². The second kappa shape index (κ2) is 3.42. The SMILES string of the molecule is CCC1OC(C)C(C)C2OC(=O)OC12. The summed E-state index contributed by atoms with van der Waals surface area (Å²) >= 11 is 0. The quantitative estimate of drug-likeness (QED) is 0.604. The van der Waals surface area contributed by atoms with Crippen molar-refractivity contribution < 1.29 is 19.0 Å². The maximum atomic E-state index is 11.0. The van der Waals surface area contributed by atoms with Crippen LogP contribution in [-0.2, 0) is 14.2 Å². The van der Waals surface area contributed by atoms with Gasteiger partial charge >= 0.3 is 6.16 Å². The molecule has 5 unspecified atom stereocenters. The molecule has 0 spiro atoms. The molecule has 0 amide bonds. The first kappa shape index (κ1) is 9.77. The fraction of sp³-hybridized carbons (Fsp3) is 0.900. The first-order valence-electron chi connectivity index (χ1n) is 5.16. The van der Waals surface area contributed by atoms with E-state index in [1.54, 1.807) is 0 Å². The predicted octanol–water partition coefficient (Wildman–Crippen LogP) is 1.72. The minimum absolute atomic E-state index is 0.0161. The van der Waals surface area contributed by atoms with Crippen LogP contribution in [0.1, 0.15) is 27.2 Å². The molecule has 0 aliphatic carbocycles. The predicted molar refractivity (Wildman–Crippen MR) is 48.9 cm³/mol. The lowest BCUT2D eigenvalue weighted by atomic mass is 9.88. The Morgan fingerprint density at radius 3 is 2.50 bits per heavy atom. The molecule has 0 aromatic heterocycles. The molecule has 2 aliphatic rings. The molecule has 0 aromatic rings. The van der Waals surface area contributed by atoms with Crippen LogP contribution in [0.4, 0.5) is 4.79 Å². The maximum Gasteiger partial charge on any atom is 0.509 e. The average molecular weight is 200 g/mol. The van der Waals surface area contributed by atoms with Crippen LogP contribution in [0.2, 0.25) is 0 Å². The van der Waals surface area contributed by atoms with Crippen LogP contribution in [-0.4, -0.2) is 30.6 Å². The van der Waals surface area contributed by atoms with Crippen LogP contribution < -0.4 is 0 Å². The highest BCUT2D eigenvalue weighted by Gasteiger charge is 2.50. The molecule has 2 rings (SSSR count). The summed E-state index contributed by atoms with van der Waals surface area (Å²) in [5, 5.41) is 0. The Kier molecular flexibility index (Phi) is 2.39. The zero-order valence-corrected chi connectivity index (χ0v) is 8.73. The van der Waals surface area contributed by atoms with Gasteiger partial charge in [-0.3, -0.25) is 0 Å². The zero-order valence-electron chi connectivity index (χ0n) is 8.73. The van der Waals surface area contributed by atoms with E-state index in [4.69, 9.17) is 14.2 Å². The molecule has 80 valence electrons. The third-order valence-corrected chi connectivity index (χ3v) is 3.21. The topological polar surface area (TPSA) is 44.8 Å². The van der Waals surface area contributed by atoms with E-state index in [1.807, 2.05) is 20.8 Å². The number of carbonyl (C=O) groups excluding carboxylic acids is 1. The molecule has 5 atom stereocenters. The summed E-state index contributed by atoms with van der Waals surface area (Å²) in [6, 6.07) is 0. The van der Waals surface area contributed by atoms with Gasteiger partial charge in [-0.1, -0.05) is 13.8 Å². The Labute approximate surface area is 83.5 Å². The Balaban J connectivity index is 2.17. The minimum Gasteiger partial charge on any atom is -0.427 e. The van der Waals surface area contributed by atoms with Gasteiger partial charge in [0.15, 0.2) is 6.10 Å². The van der Waals surface area contributed by atoms with Crippen LogP contribution in [0.25, 0.3) is 0 Å². The molecule has 2 fully saturated rings. The molecule has 4 heteroatoms. The summed E-state index contributed by atoms with van der Waals surface area (Å²) in [4.78, 5) is 11.0. The van der Waals surface area contributed by atoms with E-state index in [0.29, 0.717) is 0 Å². The van der Waals surface area contributed by atoms with Crippen LogP contribution >= 0.6 is 0 Å². The van der Waals surface area contributed by atoms with Crippen molar-refractivity contribution in [3.8, 4) is 0 Å². The second-order valence-corrected chi connectivity index (χ2v) is 4.06. The first-order valence-corrected chi connectivity index (χ1v) is 5.16. The van der Waals surface area contributed by atoms with E-state index >= 15 is 0 Å². The van der Waals surface area contributed by atoms with E-state index in [1.165, 1.54) is 0 Å². The summed E-state index contributed by atoms with van der Waals surface area (Å²) in [5.41, 5.74) is 0. The summed E-state index contributed by atoms with van der Waals surface area (Å²) in [7, 11) is 0. The van der Waals surface area contributed by atoms with Crippen molar-refractivity contribution in [1.82, 2.24) is 0 Å². The molecule has 0 bridgehead atoms. The lowest BCUT2D eigenvalue weighted by molar-refractivity contribution is -0.150. The number of ether oxygens (including phenoxy) is 3. The fourth-order valence-corrected chi connectivity index (χ4v) is 2.15. The summed E-state index contributed by atoms with van der Waals surface area (Å²) in [6.45, 7) is 6.06. The van der Waals surface area contributed by atoms with Gasteiger partial charge in [0.25, 0.3) is 0 Å². The number of fused-ring (bicyclic) bond motifs is 1. The van der Waals surface area contributed by atoms with Crippen molar-refractivity contribution in [3.63, 3.8) is 0 Å². The molecular formula is C10H16O4. The lowest BCUT2D eigenvalue weighted by Crippen LogP contribution is -2.50. The molecular weight excluding hydrogens is 184 g/mol. The van der Waals surface area contributed by atoms with Crippen molar-refractivity contribution in [2.75, 3.05) is 0 Å². The molecule has 0 aromatic carbocycles. The molecule has 14 heavy (non-hydrogen) atoms. The monoisotopic (exact) mass is 200 g/mol. The average Bonchev–Trinajstić information content (AvgIpc) is 2.54. The van der Waals surface area contributed by atoms with Gasteiger partial charge in [0, 0.05) is 5.92 Å². The van der Waals surface area contributed by atoms with E-state index < -0.39 is 6.16 Å². The Hall–Kier alpha value is -0.770. The Morgan fingerprint density at radius 2 is 1.86 bits per heavy atom. The number of hydrogen-bond donors (Lipinski definition) is 0. The van der Waals surface area contributed by atoms with Crippen molar-refractivity contribution in [2.24, 2.45) is 5.92 Å². The lowest BCUT2D eigenvalue weighted by Gasteiger charge is -2.38. The molecule has 4 nitrogen and oxygen atoms in total. The minimum atomic E-state index is -0.553. The molecule has 0 N–H and O–H groups in total. The van der Waals surface area contributed by atoms with Crippen molar-refractivity contribution >= 4 is 6.16 Å². The van der Waals surface area contributed by atoms with Crippen LogP contribution in [0.3, 0.4) is 0 Å². The van der Waals surface area contributed by atoms with E-state index in [0.717, 1.165) is 6.42 Å². The molecule has 2 saturated heterocycles. The van der Waals surface area contributed by atoms with E-state index in [2.05, 4.69) is 0 Å². The van der Waals surface area contributed by atoms with Crippen molar-refractivity contribution in [2.45, 2.75) is 51.6 Å². The van der Waals surface area contributed by atoms with Crippen LogP contribution in [0, 0.1) is 5.92 Å².